The van der Waals surface area contributed by atoms with Crippen LogP contribution in [0.1, 0.15) is 38.5 Å². The molecule has 74 valence electrons. The minimum absolute atomic E-state index is 0.215. The second-order valence-corrected chi connectivity index (χ2v) is 4.54. The van der Waals surface area contributed by atoms with Crippen LogP contribution in [-0.4, -0.2) is 17.9 Å². The predicted octanol–water partition coefficient (Wildman–Crippen LogP) is 2.65. The summed E-state index contributed by atoms with van der Waals surface area (Å²) in [6.45, 7) is 0.426. The van der Waals surface area contributed by atoms with E-state index in [0.29, 0.717) is 6.61 Å². The van der Waals surface area contributed by atoms with Gasteiger partial charge >= 0.3 is 6.16 Å². The van der Waals surface area contributed by atoms with Crippen LogP contribution in [0, 0.1) is 11.3 Å². The number of carboxylic acid groups (broad SMARTS) is 1. The molecular formula is C10H16O3. The Kier molecular flexibility index (Phi) is 2.18. The van der Waals surface area contributed by atoms with Crippen LogP contribution in [0.4, 0.5) is 4.79 Å². The Bertz CT molecular complexity index is 190. The fourth-order valence-corrected chi connectivity index (χ4v) is 2.77. The molecule has 0 heterocycles. The third kappa shape index (κ3) is 1.79. The van der Waals surface area contributed by atoms with Crippen molar-refractivity contribution in [3.63, 3.8) is 0 Å². The molecule has 3 fully saturated rings. The van der Waals surface area contributed by atoms with Gasteiger partial charge in [0.25, 0.3) is 0 Å². The average molecular weight is 184 g/mol. The molecule has 0 amide bonds. The summed E-state index contributed by atoms with van der Waals surface area (Å²) < 4.78 is 4.72. The van der Waals surface area contributed by atoms with Gasteiger partial charge in [-0.2, -0.15) is 0 Å². The number of hydrogen-bond donors (Lipinski definition) is 1. The van der Waals surface area contributed by atoms with Crippen LogP contribution < -0.4 is 0 Å². The third-order valence-electron chi connectivity index (χ3n) is 3.75. The summed E-state index contributed by atoms with van der Waals surface area (Å²) in [5.41, 5.74) is 0.215. The summed E-state index contributed by atoms with van der Waals surface area (Å²) in [5, 5.41) is 8.44. The van der Waals surface area contributed by atoms with Crippen molar-refractivity contribution in [1.29, 1.82) is 0 Å². The molecule has 3 nitrogen and oxygen atoms in total. The monoisotopic (exact) mass is 184 g/mol. The highest BCUT2D eigenvalue weighted by molar-refractivity contribution is 5.56. The summed E-state index contributed by atoms with van der Waals surface area (Å²) in [4.78, 5) is 10.3. The Morgan fingerprint density at radius 1 is 1.31 bits per heavy atom. The zero-order chi connectivity index (χ0) is 9.31. The van der Waals surface area contributed by atoms with E-state index in [1.807, 2.05) is 0 Å². The Morgan fingerprint density at radius 2 is 1.85 bits per heavy atom. The van der Waals surface area contributed by atoms with Crippen LogP contribution in [0.15, 0.2) is 0 Å². The number of hydrogen-bond acceptors (Lipinski definition) is 2. The fourth-order valence-electron chi connectivity index (χ4n) is 2.77. The maximum Gasteiger partial charge on any atom is 0.505 e. The highest BCUT2D eigenvalue weighted by Crippen LogP contribution is 2.50. The molecule has 0 radical (unpaired) electrons. The molecule has 0 aromatic heterocycles. The lowest BCUT2D eigenvalue weighted by Crippen LogP contribution is -2.38. The van der Waals surface area contributed by atoms with Gasteiger partial charge in [0.05, 0.1) is 0 Å². The first-order valence-electron chi connectivity index (χ1n) is 5.06. The molecule has 3 heteroatoms. The summed E-state index contributed by atoms with van der Waals surface area (Å²) in [5.74, 6) is 0.923. The predicted molar refractivity (Wildman–Crippen MR) is 47.6 cm³/mol. The van der Waals surface area contributed by atoms with Crippen LogP contribution in [0.25, 0.3) is 0 Å². The normalized spacial score (nSPS) is 37.4. The lowest BCUT2D eigenvalue weighted by Gasteiger charge is -2.45. The molecule has 0 aliphatic heterocycles. The van der Waals surface area contributed by atoms with Gasteiger partial charge in [-0.15, -0.1) is 0 Å². The summed E-state index contributed by atoms with van der Waals surface area (Å²) in [6.07, 6.45) is 6.23. The van der Waals surface area contributed by atoms with Crippen LogP contribution in [-0.2, 0) is 4.74 Å². The second kappa shape index (κ2) is 3.20. The van der Waals surface area contributed by atoms with Gasteiger partial charge in [0, 0.05) is 5.41 Å². The third-order valence-corrected chi connectivity index (χ3v) is 3.75. The van der Waals surface area contributed by atoms with E-state index in [1.165, 1.54) is 38.5 Å². The molecule has 1 N–H and O–H groups in total. The highest BCUT2D eigenvalue weighted by atomic mass is 16.7. The maximum atomic E-state index is 10.3. The van der Waals surface area contributed by atoms with E-state index < -0.39 is 6.16 Å². The first-order chi connectivity index (χ1) is 6.20. The van der Waals surface area contributed by atoms with Gasteiger partial charge in [0.2, 0.25) is 0 Å². The summed E-state index contributed by atoms with van der Waals surface area (Å²) in [6, 6.07) is 0. The van der Waals surface area contributed by atoms with Crippen molar-refractivity contribution in [3.05, 3.63) is 0 Å². The molecular weight excluding hydrogens is 168 g/mol. The van der Waals surface area contributed by atoms with Gasteiger partial charge in [-0.1, -0.05) is 0 Å². The zero-order valence-electron chi connectivity index (χ0n) is 7.79. The lowest BCUT2D eigenvalue weighted by atomic mass is 9.61. The molecule has 0 unspecified atom stereocenters. The molecule has 0 spiro atoms. The SMILES string of the molecule is O=C(O)OCC12CCC(CC1)CC2. The highest BCUT2D eigenvalue weighted by Gasteiger charge is 2.41. The van der Waals surface area contributed by atoms with Crippen LogP contribution in [0.5, 0.6) is 0 Å². The smallest absolute Gasteiger partial charge is 0.450 e. The Morgan fingerprint density at radius 3 is 2.31 bits per heavy atom. The Hall–Kier alpha value is -0.730. The van der Waals surface area contributed by atoms with Crippen molar-refractivity contribution in [2.75, 3.05) is 6.61 Å². The van der Waals surface area contributed by atoms with E-state index in [1.54, 1.807) is 0 Å². The topological polar surface area (TPSA) is 46.5 Å². The van der Waals surface area contributed by atoms with Crippen LogP contribution in [0.3, 0.4) is 0 Å². The van der Waals surface area contributed by atoms with Crippen LogP contribution in [0.2, 0.25) is 0 Å². The Labute approximate surface area is 78.1 Å². The molecule has 3 aliphatic carbocycles. The van der Waals surface area contributed by atoms with E-state index in [0.717, 1.165) is 5.92 Å². The lowest BCUT2D eigenvalue weighted by molar-refractivity contribution is -0.0142. The zero-order valence-corrected chi connectivity index (χ0v) is 7.79. The molecule has 0 saturated heterocycles. The first kappa shape index (κ1) is 8.85. The minimum atomic E-state index is -1.12. The van der Waals surface area contributed by atoms with Crippen molar-refractivity contribution >= 4 is 6.16 Å². The van der Waals surface area contributed by atoms with Crippen molar-refractivity contribution in [1.82, 2.24) is 0 Å². The van der Waals surface area contributed by atoms with Gasteiger partial charge in [0.1, 0.15) is 6.61 Å². The first-order valence-corrected chi connectivity index (χ1v) is 5.06. The summed E-state index contributed by atoms with van der Waals surface area (Å²) >= 11 is 0. The molecule has 0 aromatic carbocycles. The van der Waals surface area contributed by atoms with E-state index in [-0.39, 0.29) is 5.41 Å². The van der Waals surface area contributed by atoms with Gasteiger partial charge in [-0.05, 0) is 44.4 Å². The van der Waals surface area contributed by atoms with Crippen molar-refractivity contribution in [3.8, 4) is 0 Å². The minimum Gasteiger partial charge on any atom is -0.450 e. The molecule has 3 rings (SSSR count). The Balaban J connectivity index is 1.91. The average Bonchev–Trinajstić information content (AvgIpc) is 2.18. The van der Waals surface area contributed by atoms with Gasteiger partial charge in [-0.3, -0.25) is 0 Å². The van der Waals surface area contributed by atoms with Crippen molar-refractivity contribution < 1.29 is 14.6 Å². The standard InChI is InChI=1S/C10H16O3/c11-9(12)13-7-10-4-1-8(2-5-10)3-6-10/h8H,1-7H2,(H,11,12). The number of carbonyl (C=O) groups is 1. The van der Waals surface area contributed by atoms with Crippen molar-refractivity contribution in [2.45, 2.75) is 38.5 Å². The summed E-state index contributed by atoms with van der Waals surface area (Å²) in [7, 11) is 0. The largest absolute Gasteiger partial charge is 0.505 e. The number of ether oxygens (including phenoxy) is 1. The van der Waals surface area contributed by atoms with E-state index >= 15 is 0 Å². The maximum absolute atomic E-state index is 10.3. The number of fused-ring (bicyclic) bond motifs is 3. The fraction of sp³-hybridized carbons (Fsp3) is 0.900. The molecule has 3 aliphatic rings. The molecule has 13 heavy (non-hydrogen) atoms. The van der Waals surface area contributed by atoms with E-state index in [9.17, 15) is 4.79 Å². The van der Waals surface area contributed by atoms with E-state index in [2.05, 4.69) is 0 Å². The number of rotatable bonds is 2. The molecule has 2 bridgehead atoms. The van der Waals surface area contributed by atoms with Gasteiger partial charge < -0.3 is 9.84 Å². The molecule has 0 aromatic rings. The quantitative estimate of drug-likeness (QED) is 0.671. The van der Waals surface area contributed by atoms with E-state index in [4.69, 9.17) is 9.84 Å². The van der Waals surface area contributed by atoms with Crippen LogP contribution >= 0.6 is 0 Å². The second-order valence-electron chi connectivity index (χ2n) is 4.54. The van der Waals surface area contributed by atoms with Crippen molar-refractivity contribution in [2.24, 2.45) is 11.3 Å². The molecule has 0 atom stereocenters. The van der Waals surface area contributed by atoms with Gasteiger partial charge in [-0.25, -0.2) is 4.79 Å². The van der Waals surface area contributed by atoms with Gasteiger partial charge in [0.15, 0.2) is 0 Å². The molecule has 3 saturated carbocycles.